The molecule has 1 heterocycles. The van der Waals surface area contributed by atoms with Crippen LogP contribution in [0.25, 0.3) is 11.3 Å². The molecule has 6 heteroatoms. The molecule has 1 N–H and O–H groups in total. The third-order valence-corrected chi connectivity index (χ3v) is 4.33. The number of nitrogens with one attached hydrogen (secondary N) is 1. The van der Waals surface area contributed by atoms with Gasteiger partial charge in [-0.3, -0.25) is 5.43 Å². The van der Waals surface area contributed by atoms with Crippen molar-refractivity contribution >= 4 is 34.5 Å². The van der Waals surface area contributed by atoms with E-state index >= 15 is 0 Å². The summed E-state index contributed by atoms with van der Waals surface area (Å²) in [5, 5.41) is 4.29. The van der Waals surface area contributed by atoms with Crippen molar-refractivity contribution in [3.63, 3.8) is 0 Å². The molecule has 0 aliphatic rings. The van der Waals surface area contributed by atoms with E-state index in [0.29, 0.717) is 0 Å². The van der Waals surface area contributed by atoms with Gasteiger partial charge in [0.05, 0.1) is 11.9 Å². The van der Waals surface area contributed by atoms with Gasteiger partial charge in [0.1, 0.15) is 3.70 Å². The number of halogens is 1. The molecule has 2 aromatic carbocycles. The molecule has 3 aromatic rings. The van der Waals surface area contributed by atoms with Crippen LogP contribution in [0.4, 0.5) is 5.69 Å². The minimum atomic E-state index is 0.786. The highest BCUT2D eigenvalue weighted by Gasteiger charge is 2.07. The summed E-state index contributed by atoms with van der Waals surface area (Å²) in [7, 11) is 4.13. The lowest BCUT2D eigenvalue weighted by molar-refractivity contribution is 0.402. The molecule has 0 spiro atoms. The van der Waals surface area contributed by atoms with E-state index in [1.54, 1.807) is 0 Å². The first-order valence-corrected chi connectivity index (χ1v) is 8.92. The zero-order valence-electron chi connectivity index (χ0n) is 14.1. The average Bonchev–Trinajstić information content (AvgIpc) is 3.03. The second kappa shape index (κ2) is 8.26. The van der Waals surface area contributed by atoms with Crippen LogP contribution in [0.2, 0.25) is 0 Å². The fourth-order valence-corrected chi connectivity index (χ4v) is 2.92. The smallest absolute Gasteiger partial charge is 0.182 e. The molecule has 0 saturated carbocycles. The highest BCUT2D eigenvalue weighted by molar-refractivity contribution is 14.1. The molecule has 0 radical (unpaired) electrons. The number of hydrogen-bond donors (Lipinski definition) is 1. The van der Waals surface area contributed by atoms with Crippen LogP contribution >= 0.6 is 22.6 Å². The number of nitrogens with zero attached hydrogens (tertiary/aromatic N) is 3. The van der Waals surface area contributed by atoms with Crippen LogP contribution in [0.1, 0.15) is 11.1 Å². The Morgan fingerprint density at radius 1 is 1.12 bits per heavy atom. The molecule has 0 bridgehead atoms. The normalized spacial score (nSPS) is 11.4. The number of hydrazone groups is 1. The van der Waals surface area contributed by atoms with Gasteiger partial charge in [0, 0.05) is 12.1 Å². The van der Waals surface area contributed by atoms with Gasteiger partial charge in [-0.25, -0.2) is 4.98 Å². The largest absolute Gasteiger partial charge is 0.442 e. The minimum Gasteiger partial charge on any atom is -0.442 e. The summed E-state index contributed by atoms with van der Waals surface area (Å²) in [6, 6.07) is 16.3. The third-order valence-electron chi connectivity index (χ3n) is 3.56. The van der Waals surface area contributed by atoms with E-state index in [2.05, 4.69) is 81.4 Å². The van der Waals surface area contributed by atoms with E-state index in [1.807, 2.05) is 30.5 Å². The maximum absolute atomic E-state index is 5.39. The zero-order chi connectivity index (χ0) is 17.6. The van der Waals surface area contributed by atoms with E-state index in [9.17, 15) is 0 Å². The lowest BCUT2D eigenvalue weighted by atomic mass is 10.1. The second-order valence-electron chi connectivity index (χ2n) is 5.90. The molecule has 0 atom stereocenters. The summed E-state index contributed by atoms with van der Waals surface area (Å²) in [6.07, 6.45) is 3.27. The van der Waals surface area contributed by atoms with Gasteiger partial charge >= 0.3 is 0 Å². The van der Waals surface area contributed by atoms with Crippen LogP contribution in [0, 0.1) is 3.70 Å². The molecule has 1 aromatic heterocycles. The summed E-state index contributed by atoms with van der Waals surface area (Å²) in [5.74, 6) is 0.786. The maximum Gasteiger partial charge on any atom is 0.182 e. The molecule has 0 aliphatic heterocycles. The number of benzene rings is 2. The van der Waals surface area contributed by atoms with Crippen LogP contribution in [-0.4, -0.2) is 30.2 Å². The number of hydrogen-bond acceptors (Lipinski definition) is 5. The van der Waals surface area contributed by atoms with E-state index in [0.717, 1.165) is 32.8 Å². The zero-order valence-corrected chi connectivity index (χ0v) is 16.3. The Hall–Kier alpha value is -2.19. The van der Waals surface area contributed by atoms with Crippen LogP contribution in [0.3, 0.4) is 0 Å². The van der Waals surface area contributed by atoms with Gasteiger partial charge in [-0.15, -0.1) is 0 Å². The van der Waals surface area contributed by atoms with Gasteiger partial charge in [0.15, 0.2) is 12.2 Å². The van der Waals surface area contributed by atoms with Gasteiger partial charge < -0.3 is 9.32 Å². The Balaban J connectivity index is 1.59. The molecule has 0 unspecified atom stereocenters. The number of oxazole rings is 1. The Morgan fingerprint density at radius 3 is 2.44 bits per heavy atom. The fourth-order valence-electron chi connectivity index (χ4n) is 2.37. The quantitative estimate of drug-likeness (QED) is 0.345. The first-order valence-electron chi connectivity index (χ1n) is 7.84. The summed E-state index contributed by atoms with van der Waals surface area (Å²) in [6.45, 7) is 0.937. The SMILES string of the molecule is CN(C)Cc1ccc(C=NNc2ccc(-c3ocnc3I)cc2)cc1. The number of aromatic nitrogens is 1. The van der Waals surface area contributed by atoms with Crippen molar-refractivity contribution in [2.24, 2.45) is 5.10 Å². The van der Waals surface area contributed by atoms with Crippen molar-refractivity contribution in [1.82, 2.24) is 9.88 Å². The highest BCUT2D eigenvalue weighted by Crippen LogP contribution is 2.25. The molecule has 25 heavy (non-hydrogen) atoms. The monoisotopic (exact) mass is 446 g/mol. The number of rotatable bonds is 6. The topological polar surface area (TPSA) is 53.7 Å². The van der Waals surface area contributed by atoms with E-state index in [-0.39, 0.29) is 0 Å². The number of anilines is 1. The Morgan fingerprint density at radius 2 is 1.84 bits per heavy atom. The fraction of sp³-hybridized carbons (Fsp3) is 0.158. The maximum atomic E-state index is 5.39. The van der Waals surface area contributed by atoms with Gasteiger partial charge in [-0.1, -0.05) is 24.3 Å². The van der Waals surface area contributed by atoms with Crippen LogP contribution < -0.4 is 5.43 Å². The van der Waals surface area contributed by atoms with E-state index < -0.39 is 0 Å². The van der Waals surface area contributed by atoms with E-state index in [4.69, 9.17) is 4.42 Å². The van der Waals surface area contributed by atoms with E-state index in [1.165, 1.54) is 12.0 Å². The molecule has 128 valence electrons. The lowest BCUT2D eigenvalue weighted by Gasteiger charge is -2.09. The van der Waals surface area contributed by atoms with Crippen LogP contribution in [0.5, 0.6) is 0 Å². The molecule has 5 nitrogen and oxygen atoms in total. The molecule has 0 fully saturated rings. The third kappa shape index (κ3) is 4.90. The Bertz CT molecular complexity index is 839. The molecule has 0 aliphatic carbocycles. The molecule has 0 saturated heterocycles. The summed E-state index contributed by atoms with van der Waals surface area (Å²) in [5.41, 5.74) is 7.29. The second-order valence-corrected chi connectivity index (χ2v) is 6.92. The lowest BCUT2D eigenvalue weighted by Crippen LogP contribution is -2.10. The summed E-state index contributed by atoms with van der Waals surface area (Å²) < 4.78 is 6.25. The first kappa shape index (κ1) is 17.6. The standard InChI is InChI=1S/C19H19IN4O/c1-24(2)12-15-5-3-14(4-6-15)11-22-23-17-9-7-16(8-10-17)18-19(20)21-13-25-18/h3-11,13,23H,12H2,1-2H3. The molecular formula is C19H19IN4O. The minimum absolute atomic E-state index is 0.786. The van der Waals surface area contributed by atoms with Gasteiger partial charge in [0.25, 0.3) is 0 Å². The molecule has 3 rings (SSSR count). The highest BCUT2D eigenvalue weighted by atomic mass is 127. The average molecular weight is 446 g/mol. The van der Waals surface area contributed by atoms with Crippen molar-refractivity contribution in [1.29, 1.82) is 0 Å². The molecular weight excluding hydrogens is 427 g/mol. The van der Waals surface area contributed by atoms with Gasteiger partial charge in [-0.2, -0.15) is 5.10 Å². The predicted octanol–water partition coefficient (Wildman–Crippen LogP) is 4.45. The Kier molecular flexibility index (Phi) is 5.83. The van der Waals surface area contributed by atoms with Gasteiger partial charge in [-0.05, 0) is 72.1 Å². The van der Waals surface area contributed by atoms with Crippen molar-refractivity contribution in [2.45, 2.75) is 6.54 Å². The Labute approximate surface area is 160 Å². The first-order chi connectivity index (χ1) is 12.1. The summed E-state index contributed by atoms with van der Waals surface area (Å²) in [4.78, 5) is 6.25. The van der Waals surface area contributed by atoms with Crippen molar-refractivity contribution in [2.75, 3.05) is 19.5 Å². The van der Waals surface area contributed by atoms with Gasteiger partial charge in [0.2, 0.25) is 0 Å². The van der Waals surface area contributed by atoms with Crippen molar-refractivity contribution < 1.29 is 4.42 Å². The van der Waals surface area contributed by atoms with Crippen LogP contribution in [0.15, 0.2) is 64.4 Å². The van der Waals surface area contributed by atoms with Crippen molar-refractivity contribution in [3.05, 3.63) is 69.8 Å². The molecule has 0 amide bonds. The van der Waals surface area contributed by atoms with Crippen molar-refractivity contribution in [3.8, 4) is 11.3 Å². The predicted molar refractivity (Wildman–Crippen MR) is 110 cm³/mol. The van der Waals surface area contributed by atoms with Crippen LogP contribution in [-0.2, 0) is 6.54 Å². The summed E-state index contributed by atoms with van der Waals surface area (Å²) >= 11 is 2.16.